The first-order valence-corrected chi connectivity index (χ1v) is 8.68. The molecule has 0 aromatic heterocycles. The van der Waals surface area contributed by atoms with Crippen LogP contribution in [0, 0.1) is 0 Å². The second-order valence-electron chi connectivity index (χ2n) is 5.92. The number of carbonyl (C=O) groups is 2. The Hall–Kier alpha value is -3.06. The Kier molecular flexibility index (Phi) is 7.63. The Labute approximate surface area is 163 Å². The number of carbonyl (C=O) groups excluding carboxylic acids is 2. The van der Waals surface area contributed by atoms with Gasteiger partial charge in [-0.1, -0.05) is 41.9 Å². The van der Waals surface area contributed by atoms with E-state index in [9.17, 15) is 9.59 Å². The van der Waals surface area contributed by atoms with Crippen LogP contribution in [0.5, 0.6) is 0 Å². The quantitative estimate of drug-likeness (QED) is 0.503. The second kappa shape index (κ2) is 10.2. The summed E-state index contributed by atoms with van der Waals surface area (Å²) in [4.78, 5) is 25.4. The Morgan fingerprint density at radius 3 is 2.52 bits per heavy atom. The molecule has 2 aromatic rings. The molecule has 0 aliphatic rings. The minimum atomic E-state index is -0.442. The molecule has 27 heavy (non-hydrogen) atoms. The average molecular weight is 388 g/mol. The van der Waals surface area contributed by atoms with E-state index in [1.54, 1.807) is 0 Å². The van der Waals surface area contributed by atoms with E-state index in [0.717, 1.165) is 11.3 Å². The van der Waals surface area contributed by atoms with E-state index >= 15 is 0 Å². The van der Waals surface area contributed by atoms with E-state index in [2.05, 4.69) is 21.2 Å². The van der Waals surface area contributed by atoms with Gasteiger partial charge in [-0.15, -0.1) is 0 Å². The van der Waals surface area contributed by atoms with Gasteiger partial charge in [-0.2, -0.15) is 5.10 Å². The van der Waals surface area contributed by atoms with Crippen LogP contribution in [0.25, 0.3) is 0 Å². The third-order valence-electron chi connectivity index (χ3n) is 3.60. The first kappa shape index (κ1) is 20.3. The topological polar surface area (TPSA) is 85.8 Å². The van der Waals surface area contributed by atoms with Crippen LogP contribution in [0.4, 0.5) is 10.5 Å². The lowest BCUT2D eigenvalue weighted by Crippen LogP contribution is -2.40. The first-order valence-electron chi connectivity index (χ1n) is 8.30. The highest BCUT2D eigenvalue weighted by Crippen LogP contribution is 2.21. The zero-order valence-electron chi connectivity index (χ0n) is 15.2. The molecule has 0 unspecified atom stereocenters. The molecule has 0 atom stereocenters. The smallest absolute Gasteiger partial charge is 0.315 e. The fraction of sp³-hybridized carbons (Fsp3) is 0.211. The molecule has 0 heterocycles. The minimum Gasteiger partial charge on any atom is -0.378 e. The van der Waals surface area contributed by atoms with Crippen molar-refractivity contribution in [3.05, 3.63) is 64.7 Å². The van der Waals surface area contributed by atoms with Crippen molar-refractivity contribution < 1.29 is 9.59 Å². The van der Waals surface area contributed by atoms with Crippen molar-refractivity contribution >= 4 is 35.4 Å². The van der Waals surface area contributed by atoms with Crippen LogP contribution >= 0.6 is 11.6 Å². The molecule has 0 aliphatic heterocycles. The Morgan fingerprint density at radius 2 is 1.85 bits per heavy atom. The normalized spacial score (nSPS) is 10.5. The summed E-state index contributed by atoms with van der Waals surface area (Å²) >= 11 is 6.18. The summed E-state index contributed by atoms with van der Waals surface area (Å²) in [5.41, 5.74) is 4.96. The molecule has 8 heteroatoms. The zero-order chi connectivity index (χ0) is 19.6. The summed E-state index contributed by atoms with van der Waals surface area (Å²) in [5, 5.41) is 9.51. The maximum absolute atomic E-state index is 11.7. The van der Waals surface area contributed by atoms with Gasteiger partial charge in [0.15, 0.2) is 0 Å². The monoisotopic (exact) mass is 387 g/mol. The predicted octanol–water partition coefficient (Wildman–Crippen LogP) is 2.36. The van der Waals surface area contributed by atoms with Crippen molar-refractivity contribution in [2.24, 2.45) is 5.10 Å². The van der Waals surface area contributed by atoms with Crippen molar-refractivity contribution in [3.63, 3.8) is 0 Å². The molecule has 0 saturated carbocycles. The molecule has 0 fully saturated rings. The Bertz CT molecular complexity index is 809. The van der Waals surface area contributed by atoms with Crippen LogP contribution in [-0.2, 0) is 11.3 Å². The zero-order valence-corrected chi connectivity index (χ0v) is 16.0. The van der Waals surface area contributed by atoms with E-state index in [4.69, 9.17) is 11.6 Å². The molecule has 0 aliphatic carbocycles. The number of nitrogens with zero attached hydrogens (tertiary/aromatic N) is 2. The van der Waals surface area contributed by atoms with E-state index in [1.165, 1.54) is 6.21 Å². The highest BCUT2D eigenvalue weighted by Gasteiger charge is 2.05. The van der Waals surface area contributed by atoms with Crippen molar-refractivity contribution in [2.45, 2.75) is 6.54 Å². The fourth-order valence-corrected chi connectivity index (χ4v) is 2.34. The number of halogens is 1. The van der Waals surface area contributed by atoms with Crippen LogP contribution in [0.2, 0.25) is 5.02 Å². The van der Waals surface area contributed by atoms with Gasteiger partial charge in [0.25, 0.3) is 5.91 Å². The third-order valence-corrected chi connectivity index (χ3v) is 3.93. The molecule has 2 rings (SSSR count). The van der Waals surface area contributed by atoms with Gasteiger partial charge in [0.05, 0.1) is 11.2 Å². The second-order valence-corrected chi connectivity index (χ2v) is 6.32. The van der Waals surface area contributed by atoms with Crippen LogP contribution in [-0.4, -0.2) is 38.8 Å². The van der Waals surface area contributed by atoms with Gasteiger partial charge in [0.2, 0.25) is 0 Å². The number of hydrazone groups is 1. The lowest BCUT2D eigenvalue weighted by molar-refractivity contribution is -0.120. The van der Waals surface area contributed by atoms with Gasteiger partial charge in [-0.3, -0.25) is 4.79 Å². The average Bonchev–Trinajstić information content (AvgIpc) is 2.66. The van der Waals surface area contributed by atoms with Gasteiger partial charge >= 0.3 is 6.03 Å². The summed E-state index contributed by atoms with van der Waals surface area (Å²) in [6, 6.07) is 14.6. The van der Waals surface area contributed by atoms with Gasteiger partial charge in [0, 0.05) is 31.9 Å². The summed E-state index contributed by atoms with van der Waals surface area (Å²) in [6.45, 7) is 0.194. The number of nitrogens with one attached hydrogen (secondary N) is 3. The van der Waals surface area contributed by atoms with Gasteiger partial charge < -0.3 is 15.5 Å². The van der Waals surface area contributed by atoms with Crippen molar-refractivity contribution in [2.75, 3.05) is 25.5 Å². The lowest BCUT2D eigenvalue weighted by atomic mass is 10.2. The van der Waals surface area contributed by atoms with Crippen molar-refractivity contribution in [1.29, 1.82) is 0 Å². The molecule has 0 radical (unpaired) electrons. The number of anilines is 1. The standard InChI is InChI=1S/C19H22ClN5O2/c1-25(2)16-9-8-15(17(20)10-16)12-23-24-18(26)13-22-19(27)21-11-14-6-4-3-5-7-14/h3-10,12H,11,13H2,1-2H3,(H,24,26)(H2,21,22,27). The molecule has 0 saturated heterocycles. The van der Waals surface area contributed by atoms with Crippen LogP contribution in [0.1, 0.15) is 11.1 Å². The number of urea groups is 1. The first-order chi connectivity index (χ1) is 13.0. The van der Waals surface area contributed by atoms with E-state index in [-0.39, 0.29) is 6.54 Å². The van der Waals surface area contributed by atoms with Crippen LogP contribution < -0.4 is 21.0 Å². The van der Waals surface area contributed by atoms with E-state index < -0.39 is 11.9 Å². The molecule has 2 aromatic carbocycles. The summed E-state index contributed by atoms with van der Waals surface area (Å²) in [7, 11) is 3.84. The molecule has 7 nitrogen and oxygen atoms in total. The maximum atomic E-state index is 11.7. The maximum Gasteiger partial charge on any atom is 0.315 e. The fourth-order valence-electron chi connectivity index (χ4n) is 2.11. The highest BCUT2D eigenvalue weighted by atomic mass is 35.5. The Balaban J connectivity index is 1.72. The number of rotatable bonds is 7. The van der Waals surface area contributed by atoms with E-state index in [1.807, 2.05) is 67.5 Å². The molecule has 3 amide bonds. The molecule has 142 valence electrons. The number of hydrogen-bond acceptors (Lipinski definition) is 4. The SMILES string of the molecule is CN(C)c1ccc(C=NNC(=O)CNC(=O)NCc2ccccc2)c(Cl)c1. The van der Waals surface area contributed by atoms with Gasteiger partial charge in [-0.05, 0) is 23.8 Å². The minimum absolute atomic E-state index is 0.189. The summed E-state index contributed by atoms with van der Waals surface area (Å²) < 4.78 is 0. The number of amides is 3. The molecule has 0 bridgehead atoms. The molecule has 3 N–H and O–H groups in total. The third kappa shape index (κ3) is 6.99. The number of benzene rings is 2. The van der Waals surface area contributed by atoms with Gasteiger partial charge in [0.1, 0.15) is 6.54 Å². The molecular formula is C19H22ClN5O2. The van der Waals surface area contributed by atoms with Crippen molar-refractivity contribution in [1.82, 2.24) is 16.1 Å². The number of hydrogen-bond donors (Lipinski definition) is 3. The highest BCUT2D eigenvalue weighted by molar-refractivity contribution is 6.33. The largest absolute Gasteiger partial charge is 0.378 e. The van der Waals surface area contributed by atoms with Crippen LogP contribution in [0.3, 0.4) is 0 Å². The lowest BCUT2D eigenvalue weighted by Gasteiger charge is -2.13. The Morgan fingerprint density at radius 1 is 1.11 bits per heavy atom. The molecule has 0 spiro atoms. The van der Waals surface area contributed by atoms with Crippen LogP contribution in [0.15, 0.2) is 53.6 Å². The summed E-state index contributed by atoms with van der Waals surface area (Å²) in [5.74, 6) is -0.442. The molecular weight excluding hydrogens is 366 g/mol. The van der Waals surface area contributed by atoms with Crippen molar-refractivity contribution in [3.8, 4) is 0 Å². The predicted molar refractivity (Wildman–Crippen MR) is 108 cm³/mol. The van der Waals surface area contributed by atoms with Gasteiger partial charge in [-0.25, -0.2) is 10.2 Å². The van der Waals surface area contributed by atoms with E-state index in [0.29, 0.717) is 17.1 Å². The summed E-state index contributed by atoms with van der Waals surface area (Å²) in [6.07, 6.45) is 1.45.